The van der Waals surface area contributed by atoms with E-state index in [1.807, 2.05) is 31.3 Å². The smallest absolute Gasteiger partial charge is 0.170 e. The Morgan fingerprint density at radius 1 is 1.15 bits per heavy atom. The van der Waals surface area contributed by atoms with Crippen LogP contribution in [0.4, 0.5) is 11.6 Å². The third-order valence-electron chi connectivity index (χ3n) is 3.45. The molecule has 3 N–H and O–H groups in total. The van der Waals surface area contributed by atoms with Gasteiger partial charge in [0.1, 0.15) is 0 Å². The molecule has 2 heterocycles. The molecule has 1 saturated heterocycles. The fourth-order valence-corrected chi connectivity index (χ4v) is 2.44. The van der Waals surface area contributed by atoms with Gasteiger partial charge in [0.25, 0.3) is 0 Å². The standard InChI is InChI=1S/C14H19N5.ClH/c1-15-13-14(17-10-5-4-8-16-9-10)19-12-7-3-2-6-11(12)18-13;/h2-3,6-7,10,16H,4-5,8-9H2,1H3,(H,15,18)(H,17,19);1H. The third kappa shape index (κ3) is 3.11. The van der Waals surface area contributed by atoms with E-state index in [-0.39, 0.29) is 12.4 Å². The van der Waals surface area contributed by atoms with Gasteiger partial charge >= 0.3 is 0 Å². The lowest BCUT2D eigenvalue weighted by atomic mass is 10.1. The van der Waals surface area contributed by atoms with Gasteiger partial charge in [-0.15, -0.1) is 12.4 Å². The first-order valence-corrected chi connectivity index (χ1v) is 6.78. The van der Waals surface area contributed by atoms with Gasteiger partial charge in [-0.2, -0.15) is 0 Å². The summed E-state index contributed by atoms with van der Waals surface area (Å²) in [6.07, 6.45) is 2.37. The minimum atomic E-state index is 0. The van der Waals surface area contributed by atoms with E-state index in [0.717, 1.165) is 35.8 Å². The molecule has 0 spiro atoms. The molecule has 2 aromatic rings. The zero-order chi connectivity index (χ0) is 13.1. The molecule has 3 rings (SSSR count). The summed E-state index contributed by atoms with van der Waals surface area (Å²) in [5.74, 6) is 1.65. The number of anilines is 2. The van der Waals surface area contributed by atoms with Crippen molar-refractivity contribution in [1.29, 1.82) is 0 Å². The van der Waals surface area contributed by atoms with Gasteiger partial charge in [0.05, 0.1) is 11.0 Å². The maximum Gasteiger partial charge on any atom is 0.170 e. The molecule has 1 aromatic heterocycles. The Balaban J connectivity index is 0.00000147. The molecule has 20 heavy (non-hydrogen) atoms. The Bertz CT molecular complexity index is 568. The maximum absolute atomic E-state index is 4.68. The predicted octanol–water partition coefficient (Wildman–Crippen LogP) is 2.26. The molecule has 0 radical (unpaired) electrons. The molecular formula is C14H20ClN5. The summed E-state index contributed by atoms with van der Waals surface area (Å²) < 4.78 is 0. The van der Waals surface area contributed by atoms with E-state index in [1.165, 1.54) is 12.8 Å². The molecular weight excluding hydrogens is 274 g/mol. The minimum Gasteiger partial charge on any atom is -0.370 e. The van der Waals surface area contributed by atoms with E-state index in [1.54, 1.807) is 0 Å². The molecule has 0 bridgehead atoms. The van der Waals surface area contributed by atoms with Gasteiger partial charge in [-0.05, 0) is 31.5 Å². The highest BCUT2D eigenvalue weighted by molar-refractivity contribution is 5.85. The van der Waals surface area contributed by atoms with Gasteiger partial charge in [-0.3, -0.25) is 0 Å². The number of para-hydroxylation sites is 2. The highest BCUT2D eigenvalue weighted by Crippen LogP contribution is 2.22. The number of hydrogen-bond donors (Lipinski definition) is 3. The zero-order valence-electron chi connectivity index (χ0n) is 11.5. The molecule has 1 aliphatic heterocycles. The van der Waals surface area contributed by atoms with E-state index in [0.29, 0.717) is 6.04 Å². The summed E-state index contributed by atoms with van der Waals surface area (Å²) in [6, 6.07) is 8.37. The molecule has 1 fully saturated rings. The van der Waals surface area contributed by atoms with Crippen molar-refractivity contribution in [2.24, 2.45) is 0 Å². The molecule has 0 amide bonds. The first-order chi connectivity index (χ1) is 9.36. The summed E-state index contributed by atoms with van der Waals surface area (Å²) in [5, 5.41) is 10.0. The Morgan fingerprint density at radius 2 is 1.85 bits per heavy atom. The van der Waals surface area contributed by atoms with Crippen LogP contribution >= 0.6 is 12.4 Å². The normalized spacial score (nSPS) is 18.4. The quantitative estimate of drug-likeness (QED) is 0.810. The van der Waals surface area contributed by atoms with Crippen molar-refractivity contribution in [3.8, 4) is 0 Å². The van der Waals surface area contributed by atoms with E-state index < -0.39 is 0 Å². The number of aromatic nitrogens is 2. The van der Waals surface area contributed by atoms with Crippen molar-refractivity contribution in [3.63, 3.8) is 0 Å². The van der Waals surface area contributed by atoms with Gasteiger partial charge < -0.3 is 16.0 Å². The highest BCUT2D eigenvalue weighted by Gasteiger charge is 2.15. The largest absolute Gasteiger partial charge is 0.370 e. The lowest BCUT2D eigenvalue weighted by molar-refractivity contribution is 0.479. The fourth-order valence-electron chi connectivity index (χ4n) is 2.44. The van der Waals surface area contributed by atoms with Crippen molar-refractivity contribution < 1.29 is 0 Å². The topological polar surface area (TPSA) is 61.9 Å². The first-order valence-electron chi connectivity index (χ1n) is 6.78. The summed E-state index contributed by atoms with van der Waals surface area (Å²) in [6.45, 7) is 2.10. The SMILES string of the molecule is CNc1nc2ccccc2nc1NC1CCCNC1.Cl. The number of halogens is 1. The van der Waals surface area contributed by atoms with Gasteiger partial charge in [-0.25, -0.2) is 9.97 Å². The van der Waals surface area contributed by atoms with Gasteiger partial charge in [-0.1, -0.05) is 12.1 Å². The lowest BCUT2D eigenvalue weighted by Gasteiger charge is -2.25. The van der Waals surface area contributed by atoms with Crippen molar-refractivity contribution in [2.45, 2.75) is 18.9 Å². The van der Waals surface area contributed by atoms with Crippen LogP contribution < -0.4 is 16.0 Å². The molecule has 1 atom stereocenters. The van der Waals surface area contributed by atoms with Crippen LogP contribution in [0.2, 0.25) is 0 Å². The Hall–Kier alpha value is -1.59. The maximum atomic E-state index is 4.68. The van der Waals surface area contributed by atoms with Crippen LogP contribution in [0.25, 0.3) is 11.0 Å². The molecule has 1 aliphatic rings. The summed E-state index contributed by atoms with van der Waals surface area (Å²) in [5.41, 5.74) is 1.84. The van der Waals surface area contributed by atoms with Crippen LogP contribution in [0.5, 0.6) is 0 Å². The molecule has 108 valence electrons. The number of nitrogens with zero attached hydrogens (tertiary/aromatic N) is 2. The average molecular weight is 294 g/mol. The molecule has 1 aromatic carbocycles. The van der Waals surface area contributed by atoms with E-state index in [9.17, 15) is 0 Å². The second-order valence-electron chi connectivity index (χ2n) is 4.85. The summed E-state index contributed by atoms with van der Waals surface area (Å²) in [7, 11) is 1.88. The van der Waals surface area contributed by atoms with Gasteiger partial charge in [0.15, 0.2) is 11.6 Å². The van der Waals surface area contributed by atoms with Crippen molar-refractivity contribution in [1.82, 2.24) is 15.3 Å². The number of benzene rings is 1. The zero-order valence-corrected chi connectivity index (χ0v) is 12.3. The number of piperidine rings is 1. The number of hydrogen-bond acceptors (Lipinski definition) is 5. The highest BCUT2D eigenvalue weighted by atomic mass is 35.5. The Kier molecular flexibility index (Phi) is 4.98. The molecule has 0 saturated carbocycles. The number of fused-ring (bicyclic) bond motifs is 1. The Labute approximate surface area is 125 Å². The molecule has 0 aliphatic carbocycles. The molecule has 1 unspecified atom stereocenters. The van der Waals surface area contributed by atoms with Crippen LogP contribution in [0.3, 0.4) is 0 Å². The van der Waals surface area contributed by atoms with Crippen molar-refractivity contribution in [2.75, 3.05) is 30.8 Å². The van der Waals surface area contributed by atoms with E-state index >= 15 is 0 Å². The van der Waals surface area contributed by atoms with Gasteiger partial charge in [0, 0.05) is 19.6 Å². The third-order valence-corrected chi connectivity index (χ3v) is 3.45. The fraction of sp³-hybridized carbons (Fsp3) is 0.429. The first kappa shape index (κ1) is 14.8. The molecule has 6 heteroatoms. The van der Waals surface area contributed by atoms with E-state index in [2.05, 4.69) is 25.9 Å². The van der Waals surface area contributed by atoms with Gasteiger partial charge in [0.2, 0.25) is 0 Å². The number of nitrogens with one attached hydrogen (secondary N) is 3. The molecule has 5 nitrogen and oxygen atoms in total. The Morgan fingerprint density at radius 3 is 2.45 bits per heavy atom. The second-order valence-corrected chi connectivity index (χ2v) is 4.85. The monoisotopic (exact) mass is 293 g/mol. The van der Waals surface area contributed by atoms with Crippen LogP contribution in [0, 0.1) is 0 Å². The summed E-state index contributed by atoms with van der Waals surface area (Å²) in [4.78, 5) is 9.28. The predicted molar refractivity (Wildman–Crippen MR) is 85.8 cm³/mol. The van der Waals surface area contributed by atoms with Crippen molar-refractivity contribution >= 4 is 35.1 Å². The van der Waals surface area contributed by atoms with Crippen LogP contribution in [-0.4, -0.2) is 36.1 Å². The van der Waals surface area contributed by atoms with Crippen LogP contribution in [0.15, 0.2) is 24.3 Å². The van der Waals surface area contributed by atoms with E-state index in [4.69, 9.17) is 0 Å². The number of rotatable bonds is 3. The van der Waals surface area contributed by atoms with Crippen molar-refractivity contribution in [3.05, 3.63) is 24.3 Å². The average Bonchev–Trinajstić information content (AvgIpc) is 2.47. The lowest BCUT2D eigenvalue weighted by Crippen LogP contribution is -2.38. The minimum absolute atomic E-state index is 0. The second kappa shape index (κ2) is 6.72. The van der Waals surface area contributed by atoms with Crippen LogP contribution in [0.1, 0.15) is 12.8 Å². The summed E-state index contributed by atoms with van der Waals surface area (Å²) >= 11 is 0. The van der Waals surface area contributed by atoms with Crippen LogP contribution in [-0.2, 0) is 0 Å².